The van der Waals surface area contributed by atoms with Crippen LogP contribution in [0.15, 0.2) is 27.4 Å². The maximum Gasteiger partial charge on any atom is 0.174 e. The van der Waals surface area contributed by atoms with E-state index in [4.69, 9.17) is 0 Å². The molecule has 19 heavy (non-hydrogen) atoms. The standard InChI is InChI=1S/C13H14FN3S2/c1-8-16-13(19-17-8)18-12-5-2-10(14)6-9(12)7-15-11-3-4-11/h2,5-6,11,15H,3-4,7H2,1H3. The van der Waals surface area contributed by atoms with Crippen LogP contribution in [-0.4, -0.2) is 15.4 Å². The van der Waals surface area contributed by atoms with E-state index in [1.807, 2.05) is 13.0 Å². The lowest BCUT2D eigenvalue weighted by Crippen LogP contribution is -2.15. The van der Waals surface area contributed by atoms with Gasteiger partial charge >= 0.3 is 0 Å². The van der Waals surface area contributed by atoms with Crippen LogP contribution in [0.25, 0.3) is 0 Å². The first-order chi connectivity index (χ1) is 9.20. The summed E-state index contributed by atoms with van der Waals surface area (Å²) in [4.78, 5) is 5.38. The predicted octanol–water partition coefficient (Wildman–Crippen LogP) is 3.39. The Kier molecular flexibility index (Phi) is 3.81. The monoisotopic (exact) mass is 295 g/mol. The van der Waals surface area contributed by atoms with E-state index in [0.717, 1.165) is 20.6 Å². The van der Waals surface area contributed by atoms with Crippen molar-refractivity contribution in [3.05, 3.63) is 35.4 Å². The number of hydrogen-bond acceptors (Lipinski definition) is 5. The summed E-state index contributed by atoms with van der Waals surface area (Å²) in [5, 5.41) is 3.42. The number of benzene rings is 1. The molecule has 0 spiro atoms. The van der Waals surface area contributed by atoms with Gasteiger partial charge in [-0.2, -0.15) is 4.37 Å². The van der Waals surface area contributed by atoms with Gasteiger partial charge in [-0.1, -0.05) is 11.8 Å². The van der Waals surface area contributed by atoms with E-state index in [9.17, 15) is 4.39 Å². The molecular weight excluding hydrogens is 281 g/mol. The molecule has 0 aliphatic heterocycles. The second kappa shape index (κ2) is 5.56. The van der Waals surface area contributed by atoms with E-state index in [1.54, 1.807) is 17.8 Å². The zero-order valence-corrected chi connectivity index (χ0v) is 12.2. The van der Waals surface area contributed by atoms with Gasteiger partial charge in [-0.05, 0) is 55.1 Å². The molecule has 0 atom stereocenters. The van der Waals surface area contributed by atoms with Crippen molar-refractivity contribution in [2.75, 3.05) is 0 Å². The fourth-order valence-electron chi connectivity index (χ4n) is 1.74. The van der Waals surface area contributed by atoms with Crippen molar-refractivity contribution in [3.63, 3.8) is 0 Å². The SMILES string of the molecule is Cc1nsc(Sc2ccc(F)cc2CNC2CC2)n1. The molecule has 1 aromatic carbocycles. The second-order valence-corrected chi connectivity index (χ2v) is 6.66. The van der Waals surface area contributed by atoms with Crippen LogP contribution < -0.4 is 5.32 Å². The van der Waals surface area contributed by atoms with Gasteiger partial charge in [0.2, 0.25) is 0 Å². The van der Waals surface area contributed by atoms with Crippen molar-refractivity contribution in [3.8, 4) is 0 Å². The zero-order valence-electron chi connectivity index (χ0n) is 10.5. The number of aryl methyl sites for hydroxylation is 1. The molecule has 2 aromatic rings. The molecule has 1 heterocycles. The Morgan fingerprint density at radius 2 is 2.32 bits per heavy atom. The van der Waals surface area contributed by atoms with E-state index in [-0.39, 0.29) is 5.82 Å². The average molecular weight is 295 g/mol. The Morgan fingerprint density at radius 3 is 3.00 bits per heavy atom. The van der Waals surface area contributed by atoms with Gasteiger partial charge in [0, 0.05) is 17.5 Å². The highest BCUT2D eigenvalue weighted by Gasteiger charge is 2.20. The molecule has 0 radical (unpaired) electrons. The largest absolute Gasteiger partial charge is 0.310 e. The number of aromatic nitrogens is 2. The topological polar surface area (TPSA) is 37.8 Å². The van der Waals surface area contributed by atoms with E-state index < -0.39 is 0 Å². The molecule has 0 unspecified atom stereocenters. The van der Waals surface area contributed by atoms with Gasteiger partial charge in [0.05, 0.1) is 0 Å². The molecule has 3 rings (SSSR count). The zero-order chi connectivity index (χ0) is 13.2. The molecule has 1 aliphatic carbocycles. The highest BCUT2D eigenvalue weighted by Crippen LogP contribution is 2.32. The smallest absolute Gasteiger partial charge is 0.174 e. The molecule has 100 valence electrons. The number of hydrogen-bond donors (Lipinski definition) is 1. The fourth-order valence-corrected chi connectivity index (χ4v) is 3.46. The number of nitrogens with one attached hydrogen (secondary N) is 1. The van der Waals surface area contributed by atoms with Gasteiger partial charge in [0.1, 0.15) is 11.6 Å². The first-order valence-electron chi connectivity index (χ1n) is 6.21. The quantitative estimate of drug-likeness (QED) is 0.917. The summed E-state index contributed by atoms with van der Waals surface area (Å²) < 4.78 is 18.4. The maximum atomic E-state index is 13.4. The molecule has 0 saturated heterocycles. The first-order valence-corrected chi connectivity index (χ1v) is 7.79. The highest BCUT2D eigenvalue weighted by molar-refractivity contribution is 8.01. The van der Waals surface area contributed by atoms with Crippen LogP contribution in [0.1, 0.15) is 24.2 Å². The first kappa shape index (κ1) is 13.0. The lowest BCUT2D eigenvalue weighted by molar-refractivity contribution is 0.616. The molecule has 1 fully saturated rings. The minimum absolute atomic E-state index is 0.189. The van der Waals surface area contributed by atoms with Crippen molar-refractivity contribution in [2.45, 2.75) is 41.6 Å². The highest BCUT2D eigenvalue weighted by atomic mass is 32.2. The number of nitrogens with zero attached hydrogens (tertiary/aromatic N) is 2. The summed E-state index contributed by atoms with van der Waals surface area (Å²) in [7, 11) is 0. The van der Waals surface area contributed by atoms with Crippen molar-refractivity contribution in [2.24, 2.45) is 0 Å². The van der Waals surface area contributed by atoms with Crippen LogP contribution >= 0.6 is 23.3 Å². The van der Waals surface area contributed by atoms with Gasteiger partial charge < -0.3 is 5.32 Å². The van der Waals surface area contributed by atoms with Gasteiger partial charge in [0.15, 0.2) is 4.34 Å². The van der Waals surface area contributed by atoms with Crippen LogP contribution in [0.3, 0.4) is 0 Å². The van der Waals surface area contributed by atoms with E-state index in [0.29, 0.717) is 12.6 Å². The van der Waals surface area contributed by atoms with E-state index in [2.05, 4.69) is 14.7 Å². The van der Waals surface area contributed by atoms with Crippen molar-refractivity contribution < 1.29 is 4.39 Å². The summed E-state index contributed by atoms with van der Waals surface area (Å²) in [5.41, 5.74) is 0.991. The van der Waals surface area contributed by atoms with Gasteiger partial charge in [-0.25, -0.2) is 9.37 Å². The summed E-state index contributed by atoms with van der Waals surface area (Å²) in [6.07, 6.45) is 2.46. The Hall–Kier alpha value is -0.980. The minimum atomic E-state index is -0.189. The molecular formula is C13H14FN3S2. The summed E-state index contributed by atoms with van der Waals surface area (Å²) >= 11 is 2.94. The summed E-state index contributed by atoms with van der Waals surface area (Å²) in [6.45, 7) is 2.59. The van der Waals surface area contributed by atoms with Crippen LogP contribution in [0, 0.1) is 12.7 Å². The fraction of sp³-hybridized carbons (Fsp3) is 0.385. The van der Waals surface area contributed by atoms with Crippen LogP contribution in [0.4, 0.5) is 4.39 Å². The third-order valence-corrected chi connectivity index (χ3v) is 4.85. The molecule has 0 bridgehead atoms. The molecule has 1 aliphatic rings. The third-order valence-electron chi connectivity index (χ3n) is 2.89. The minimum Gasteiger partial charge on any atom is -0.310 e. The van der Waals surface area contributed by atoms with Gasteiger partial charge in [-0.15, -0.1) is 0 Å². The summed E-state index contributed by atoms with van der Waals surface area (Å²) in [5.74, 6) is 0.595. The number of halogens is 1. The summed E-state index contributed by atoms with van der Waals surface area (Å²) in [6, 6.07) is 5.54. The second-order valence-electron chi connectivity index (χ2n) is 4.62. The van der Waals surface area contributed by atoms with Crippen molar-refractivity contribution >= 4 is 23.3 Å². The molecule has 1 N–H and O–H groups in total. The Labute approximate surface area is 119 Å². The van der Waals surface area contributed by atoms with Gasteiger partial charge in [-0.3, -0.25) is 0 Å². The molecule has 3 nitrogen and oxygen atoms in total. The normalized spacial score (nSPS) is 14.8. The van der Waals surface area contributed by atoms with Crippen molar-refractivity contribution in [1.29, 1.82) is 0 Å². The Bertz CT molecular complexity index is 581. The lowest BCUT2D eigenvalue weighted by atomic mass is 10.2. The number of rotatable bonds is 5. The van der Waals surface area contributed by atoms with E-state index in [1.165, 1.54) is 30.4 Å². The van der Waals surface area contributed by atoms with Crippen LogP contribution in [0.2, 0.25) is 0 Å². The lowest BCUT2D eigenvalue weighted by Gasteiger charge is -2.08. The molecule has 1 saturated carbocycles. The molecule has 1 aromatic heterocycles. The Morgan fingerprint density at radius 1 is 1.47 bits per heavy atom. The molecule has 0 amide bonds. The van der Waals surface area contributed by atoms with Gasteiger partial charge in [0.25, 0.3) is 0 Å². The Balaban J connectivity index is 1.77. The maximum absolute atomic E-state index is 13.4. The predicted molar refractivity (Wildman–Crippen MR) is 75.0 cm³/mol. The molecule has 6 heteroatoms. The van der Waals surface area contributed by atoms with Crippen molar-refractivity contribution in [1.82, 2.24) is 14.7 Å². The van der Waals surface area contributed by atoms with E-state index >= 15 is 0 Å². The third kappa shape index (κ3) is 3.52. The van der Waals surface area contributed by atoms with Crippen LogP contribution in [-0.2, 0) is 6.54 Å². The van der Waals surface area contributed by atoms with Crippen LogP contribution in [0.5, 0.6) is 0 Å². The average Bonchev–Trinajstić information content (AvgIpc) is 3.13.